The molecule has 0 N–H and O–H groups in total. The van der Waals surface area contributed by atoms with Gasteiger partial charge in [0.2, 0.25) is 0 Å². The number of esters is 2. The lowest BCUT2D eigenvalue weighted by Gasteiger charge is -2.30. The number of carbonyl (C=O) groups excluding carboxylic acids is 2. The Balaban J connectivity index is 5.05. The van der Waals surface area contributed by atoms with E-state index in [0.717, 1.165) is 0 Å². The molecule has 126 valence electrons. The lowest BCUT2D eigenvalue weighted by atomic mass is 9.86. The van der Waals surface area contributed by atoms with Crippen molar-refractivity contribution < 1.29 is 19.1 Å². The van der Waals surface area contributed by atoms with Gasteiger partial charge >= 0.3 is 11.9 Å². The number of rotatable bonds is 9. The predicted molar refractivity (Wildman–Crippen MR) is 88.3 cm³/mol. The number of ether oxygens (including phenoxy) is 2. The van der Waals surface area contributed by atoms with Gasteiger partial charge in [-0.1, -0.05) is 40.9 Å². The van der Waals surface area contributed by atoms with Gasteiger partial charge in [0.05, 0.1) is 6.61 Å². The molecule has 0 aromatic heterocycles. The minimum atomic E-state index is -0.417. The van der Waals surface area contributed by atoms with Gasteiger partial charge in [0, 0.05) is 17.1 Å². The lowest BCUT2D eigenvalue weighted by molar-refractivity contribution is -0.153. The van der Waals surface area contributed by atoms with Gasteiger partial charge in [-0.05, 0) is 32.1 Å². The molecule has 0 aliphatic heterocycles. The van der Waals surface area contributed by atoms with E-state index in [9.17, 15) is 9.59 Å². The Morgan fingerprint density at radius 1 is 0.955 bits per heavy atom. The third-order valence-electron chi connectivity index (χ3n) is 3.40. The first kappa shape index (κ1) is 20.4. The van der Waals surface area contributed by atoms with Crippen LogP contribution in [0.4, 0.5) is 0 Å². The highest BCUT2D eigenvalue weighted by Gasteiger charge is 2.30. The highest BCUT2D eigenvalue weighted by Crippen LogP contribution is 2.25. The summed E-state index contributed by atoms with van der Waals surface area (Å²) in [4.78, 5) is 23.5. The monoisotopic (exact) mass is 310 g/mol. The molecule has 22 heavy (non-hydrogen) atoms. The van der Waals surface area contributed by atoms with Crippen molar-refractivity contribution in [1.82, 2.24) is 0 Å². The maximum absolute atomic E-state index is 11.9. The molecule has 0 aliphatic carbocycles. The molecule has 0 radical (unpaired) electrons. The van der Waals surface area contributed by atoms with Gasteiger partial charge in [-0.2, -0.15) is 0 Å². The minimum Gasteiger partial charge on any atom is -0.462 e. The normalized spacial score (nSPS) is 13.6. The summed E-state index contributed by atoms with van der Waals surface area (Å²) in [6.07, 6.45) is 0.411. The van der Waals surface area contributed by atoms with Crippen LogP contribution in [0, 0.1) is 17.8 Å². The molecule has 0 amide bonds. The summed E-state index contributed by atoms with van der Waals surface area (Å²) in [5.41, 5.74) is 0.733. The fraction of sp³-hybridized carbons (Fsp3) is 0.667. The summed E-state index contributed by atoms with van der Waals surface area (Å²) in [5, 5.41) is 0. The van der Waals surface area contributed by atoms with Crippen molar-refractivity contribution >= 4 is 11.9 Å². The second-order valence-electron chi connectivity index (χ2n) is 6.64. The van der Waals surface area contributed by atoms with Crippen LogP contribution in [0.2, 0.25) is 0 Å². The van der Waals surface area contributed by atoms with Gasteiger partial charge in [-0.25, -0.2) is 9.59 Å². The van der Waals surface area contributed by atoms with E-state index in [1.54, 1.807) is 13.8 Å². The van der Waals surface area contributed by atoms with E-state index in [0.29, 0.717) is 23.5 Å². The molecule has 4 heteroatoms. The molecule has 0 saturated carbocycles. The van der Waals surface area contributed by atoms with Crippen LogP contribution in [-0.2, 0) is 19.1 Å². The van der Waals surface area contributed by atoms with Crippen LogP contribution in [0.5, 0.6) is 0 Å². The van der Waals surface area contributed by atoms with Crippen molar-refractivity contribution in [2.75, 3.05) is 6.61 Å². The van der Waals surface area contributed by atoms with E-state index in [1.807, 2.05) is 13.8 Å². The Bertz CT molecular complexity index is 421. The Morgan fingerprint density at radius 3 is 1.82 bits per heavy atom. The molecule has 0 rings (SSSR count). The van der Waals surface area contributed by atoms with Gasteiger partial charge < -0.3 is 9.47 Å². The molecule has 0 heterocycles. The van der Waals surface area contributed by atoms with Crippen molar-refractivity contribution in [1.29, 1.82) is 0 Å². The molecule has 0 aromatic carbocycles. The Labute approximate surface area is 134 Å². The van der Waals surface area contributed by atoms with Crippen LogP contribution in [0.1, 0.15) is 48.0 Å². The second-order valence-corrected chi connectivity index (χ2v) is 6.64. The third-order valence-corrected chi connectivity index (χ3v) is 3.40. The van der Waals surface area contributed by atoms with Gasteiger partial charge in [-0.15, -0.1) is 0 Å². The fourth-order valence-electron chi connectivity index (χ4n) is 2.04. The van der Waals surface area contributed by atoms with E-state index >= 15 is 0 Å². The molecular weight excluding hydrogens is 280 g/mol. The smallest absolute Gasteiger partial charge is 0.333 e. The molecule has 0 saturated heterocycles. The van der Waals surface area contributed by atoms with E-state index in [4.69, 9.17) is 9.47 Å². The van der Waals surface area contributed by atoms with Crippen LogP contribution in [0.15, 0.2) is 24.3 Å². The zero-order valence-corrected chi connectivity index (χ0v) is 14.8. The highest BCUT2D eigenvalue weighted by atomic mass is 16.6. The summed E-state index contributed by atoms with van der Waals surface area (Å²) in [6, 6.07) is 0. The van der Waals surface area contributed by atoms with Crippen molar-refractivity contribution in [2.45, 2.75) is 54.1 Å². The number of hydrogen-bond acceptors (Lipinski definition) is 4. The molecule has 0 spiro atoms. The summed E-state index contributed by atoms with van der Waals surface area (Å²) >= 11 is 0. The van der Waals surface area contributed by atoms with Crippen LogP contribution < -0.4 is 0 Å². The maximum Gasteiger partial charge on any atom is 0.333 e. The van der Waals surface area contributed by atoms with Crippen LogP contribution in [-0.4, -0.2) is 24.6 Å². The predicted octanol–water partition coefficient (Wildman–Crippen LogP) is 3.91. The van der Waals surface area contributed by atoms with E-state index in [-0.39, 0.29) is 24.5 Å². The maximum atomic E-state index is 11.9. The molecular formula is C18H30O4. The average Bonchev–Trinajstić information content (AvgIpc) is 2.36. The summed E-state index contributed by atoms with van der Waals surface area (Å²) in [5.74, 6) is -0.308. The van der Waals surface area contributed by atoms with Gasteiger partial charge in [-0.3, -0.25) is 0 Å². The highest BCUT2D eigenvalue weighted by molar-refractivity contribution is 5.87. The molecule has 0 fully saturated rings. The Morgan fingerprint density at radius 2 is 1.45 bits per heavy atom. The Kier molecular flexibility index (Phi) is 8.76. The van der Waals surface area contributed by atoms with Gasteiger partial charge in [0.25, 0.3) is 0 Å². The summed E-state index contributed by atoms with van der Waals surface area (Å²) in [6.45, 7) is 18.8. The van der Waals surface area contributed by atoms with Gasteiger partial charge in [0.1, 0.15) is 6.10 Å². The molecule has 4 nitrogen and oxygen atoms in total. The molecule has 2 unspecified atom stereocenters. The first-order chi connectivity index (χ1) is 10.1. The van der Waals surface area contributed by atoms with Crippen LogP contribution >= 0.6 is 0 Å². The van der Waals surface area contributed by atoms with E-state index < -0.39 is 11.9 Å². The lowest BCUT2D eigenvalue weighted by Crippen LogP contribution is -2.35. The quantitative estimate of drug-likeness (QED) is 0.478. The Hall–Kier alpha value is -1.58. The first-order valence-corrected chi connectivity index (χ1v) is 7.75. The van der Waals surface area contributed by atoms with Crippen LogP contribution in [0.25, 0.3) is 0 Å². The van der Waals surface area contributed by atoms with Crippen molar-refractivity contribution in [3.05, 3.63) is 24.3 Å². The standard InChI is InChI=1S/C18H30O4/c1-11(2)9-16(22-18(20)14(7)8)15(12(3)4)10-21-17(19)13(5)6/h11-12,15-16H,5,7,9-10H2,1-4,6,8H3. The van der Waals surface area contributed by atoms with Crippen LogP contribution in [0.3, 0.4) is 0 Å². The van der Waals surface area contributed by atoms with E-state index in [1.165, 1.54) is 0 Å². The molecule has 2 atom stereocenters. The van der Waals surface area contributed by atoms with Crippen molar-refractivity contribution in [2.24, 2.45) is 17.8 Å². The van der Waals surface area contributed by atoms with Crippen molar-refractivity contribution in [3.63, 3.8) is 0 Å². The number of hydrogen-bond donors (Lipinski definition) is 0. The van der Waals surface area contributed by atoms with Gasteiger partial charge in [0.15, 0.2) is 0 Å². The summed E-state index contributed by atoms with van der Waals surface area (Å²) < 4.78 is 10.9. The van der Waals surface area contributed by atoms with Crippen molar-refractivity contribution in [3.8, 4) is 0 Å². The topological polar surface area (TPSA) is 52.6 Å². The number of carbonyl (C=O) groups is 2. The molecule has 0 aromatic rings. The molecule has 0 bridgehead atoms. The zero-order chi connectivity index (χ0) is 17.4. The second kappa shape index (κ2) is 9.44. The zero-order valence-electron chi connectivity index (χ0n) is 14.8. The summed E-state index contributed by atoms with van der Waals surface area (Å²) in [7, 11) is 0. The largest absolute Gasteiger partial charge is 0.462 e. The fourth-order valence-corrected chi connectivity index (χ4v) is 2.04. The minimum absolute atomic E-state index is 0.0611. The average molecular weight is 310 g/mol. The SMILES string of the molecule is C=C(C)C(=O)OCC(C(C)C)C(CC(C)C)OC(=O)C(=C)C. The first-order valence-electron chi connectivity index (χ1n) is 7.75. The van der Waals surface area contributed by atoms with E-state index in [2.05, 4.69) is 27.0 Å². The third kappa shape index (κ3) is 7.43. The molecule has 0 aliphatic rings.